The summed E-state index contributed by atoms with van der Waals surface area (Å²) in [5.41, 5.74) is 2.88. The molecule has 0 fully saturated rings. The van der Waals surface area contributed by atoms with Crippen molar-refractivity contribution >= 4 is 22.8 Å². The van der Waals surface area contributed by atoms with Crippen LogP contribution in [0.25, 0.3) is 11.0 Å². The van der Waals surface area contributed by atoms with Gasteiger partial charge < -0.3 is 13.9 Å². The van der Waals surface area contributed by atoms with Gasteiger partial charge in [0.05, 0.1) is 6.61 Å². The minimum absolute atomic E-state index is 0.215. The van der Waals surface area contributed by atoms with E-state index in [0.717, 1.165) is 0 Å². The predicted molar refractivity (Wildman–Crippen MR) is 74.7 cm³/mol. The lowest BCUT2D eigenvalue weighted by molar-refractivity contribution is -0.123. The molecular weight excluding hydrogens is 276 g/mol. The molecule has 1 aromatic heterocycles. The first-order valence-corrected chi connectivity index (χ1v) is 6.39. The van der Waals surface area contributed by atoms with Gasteiger partial charge in [-0.05, 0) is 32.0 Å². The van der Waals surface area contributed by atoms with Gasteiger partial charge in [-0.3, -0.25) is 10.2 Å². The van der Waals surface area contributed by atoms with Crippen LogP contribution in [0.1, 0.15) is 23.0 Å². The fourth-order valence-electron chi connectivity index (χ4n) is 1.94. The zero-order valence-electron chi connectivity index (χ0n) is 11.8. The molecule has 7 heteroatoms. The number of carbonyl (C=O) groups excluding carboxylic acids is 2. The van der Waals surface area contributed by atoms with Crippen LogP contribution < -0.4 is 16.0 Å². The molecule has 0 spiro atoms. The van der Waals surface area contributed by atoms with Gasteiger partial charge in [-0.25, -0.2) is 10.6 Å². The van der Waals surface area contributed by atoms with Crippen molar-refractivity contribution in [2.24, 2.45) is 5.84 Å². The molecule has 2 rings (SSSR count). The molecule has 1 aromatic carbocycles. The van der Waals surface area contributed by atoms with Crippen LogP contribution in [0, 0.1) is 6.92 Å². The largest absolute Gasteiger partial charge is 0.484 e. The third-order valence-electron chi connectivity index (χ3n) is 2.85. The molecule has 112 valence electrons. The first-order chi connectivity index (χ1) is 10.1. The van der Waals surface area contributed by atoms with Gasteiger partial charge in [0.2, 0.25) is 0 Å². The SMILES string of the molecule is CCOC(=O)c1c(C)oc2ccc(OCC(=O)NN)cc12. The van der Waals surface area contributed by atoms with Gasteiger partial charge in [0, 0.05) is 5.39 Å². The number of nitrogens with one attached hydrogen (secondary N) is 1. The third-order valence-corrected chi connectivity index (χ3v) is 2.85. The highest BCUT2D eigenvalue weighted by Gasteiger charge is 2.19. The van der Waals surface area contributed by atoms with Gasteiger partial charge in [0.15, 0.2) is 6.61 Å². The van der Waals surface area contributed by atoms with E-state index < -0.39 is 11.9 Å². The number of hydrazine groups is 1. The van der Waals surface area contributed by atoms with Crippen LogP contribution in [0.3, 0.4) is 0 Å². The minimum Gasteiger partial charge on any atom is -0.484 e. The van der Waals surface area contributed by atoms with Gasteiger partial charge in [-0.2, -0.15) is 0 Å². The number of carbonyl (C=O) groups is 2. The Morgan fingerprint density at radius 3 is 2.81 bits per heavy atom. The molecule has 21 heavy (non-hydrogen) atoms. The number of furan rings is 1. The molecule has 0 aliphatic heterocycles. The molecular formula is C14H16N2O5. The Labute approximate surface area is 121 Å². The van der Waals surface area contributed by atoms with E-state index in [1.54, 1.807) is 32.0 Å². The highest BCUT2D eigenvalue weighted by molar-refractivity contribution is 6.04. The van der Waals surface area contributed by atoms with Crippen molar-refractivity contribution in [1.82, 2.24) is 5.43 Å². The monoisotopic (exact) mass is 292 g/mol. The molecule has 1 heterocycles. The zero-order chi connectivity index (χ0) is 15.4. The zero-order valence-corrected chi connectivity index (χ0v) is 11.8. The van der Waals surface area contributed by atoms with Crippen molar-refractivity contribution < 1.29 is 23.5 Å². The first-order valence-electron chi connectivity index (χ1n) is 6.39. The molecule has 0 saturated carbocycles. The summed E-state index contributed by atoms with van der Waals surface area (Å²) in [7, 11) is 0. The maximum absolute atomic E-state index is 12.0. The lowest BCUT2D eigenvalue weighted by atomic mass is 10.1. The number of hydrogen-bond donors (Lipinski definition) is 2. The summed E-state index contributed by atoms with van der Waals surface area (Å²) in [6.45, 7) is 3.48. The van der Waals surface area contributed by atoms with Crippen molar-refractivity contribution in [3.8, 4) is 5.75 Å². The van der Waals surface area contributed by atoms with Crippen LogP contribution in [0.4, 0.5) is 0 Å². The Kier molecular flexibility index (Phi) is 4.44. The Morgan fingerprint density at radius 2 is 2.14 bits per heavy atom. The molecule has 2 aromatic rings. The normalized spacial score (nSPS) is 10.4. The van der Waals surface area contributed by atoms with Gasteiger partial charge in [0.25, 0.3) is 5.91 Å². The van der Waals surface area contributed by atoms with E-state index in [0.29, 0.717) is 28.0 Å². The molecule has 0 aliphatic rings. The topological polar surface area (TPSA) is 104 Å². The van der Waals surface area contributed by atoms with E-state index in [1.165, 1.54) is 0 Å². The number of esters is 1. The van der Waals surface area contributed by atoms with E-state index >= 15 is 0 Å². The van der Waals surface area contributed by atoms with E-state index in [4.69, 9.17) is 19.7 Å². The second-order valence-electron chi connectivity index (χ2n) is 4.27. The fourth-order valence-corrected chi connectivity index (χ4v) is 1.94. The molecule has 0 bridgehead atoms. The molecule has 0 radical (unpaired) electrons. The molecule has 0 aliphatic carbocycles. The van der Waals surface area contributed by atoms with E-state index in [2.05, 4.69) is 0 Å². The third kappa shape index (κ3) is 3.14. The summed E-state index contributed by atoms with van der Waals surface area (Å²) in [5.74, 6) is 4.96. The molecule has 0 saturated heterocycles. The second-order valence-corrected chi connectivity index (χ2v) is 4.27. The maximum Gasteiger partial charge on any atom is 0.342 e. The predicted octanol–water partition coefficient (Wildman–Crippen LogP) is 1.29. The summed E-state index contributed by atoms with van der Waals surface area (Å²) >= 11 is 0. The first kappa shape index (κ1) is 14.9. The summed E-state index contributed by atoms with van der Waals surface area (Å²) < 4.78 is 15.8. The highest BCUT2D eigenvalue weighted by Crippen LogP contribution is 2.29. The average Bonchev–Trinajstić information content (AvgIpc) is 2.80. The van der Waals surface area contributed by atoms with Crippen LogP contribution in [-0.4, -0.2) is 25.1 Å². The summed E-state index contributed by atoms with van der Waals surface area (Å²) in [6.07, 6.45) is 0. The Bertz CT molecular complexity index is 677. The van der Waals surface area contributed by atoms with Crippen molar-refractivity contribution in [3.05, 3.63) is 29.5 Å². The molecule has 3 N–H and O–H groups in total. The minimum atomic E-state index is -0.455. The van der Waals surface area contributed by atoms with Crippen molar-refractivity contribution in [1.29, 1.82) is 0 Å². The number of amides is 1. The Morgan fingerprint density at radius 1 is 1.38 bits per heavy atom. The van der Waals surface area contributed by atoms with Crippen LogP contribution in [0.15, 0.2) is 22.6 Å². The maximum atomic E-state index is 12.0. The second kappa shape index (κ2) is 6.27. The summed E-state index contributed by atoms with van der Waals surface area (Å²) in [6, 6.07) is 4.94. The molecule has 0 atom stereocenters. The van der Waals surface area contributed by atoms with Crippen LogP contribution in [0.5, 0.6) is 5.75 Å². The number of fused-ring (bicyclic) bond motifs is 1. The fraction of sp³-hybridized carbons (Fsp3) is 0.286. The molecule has 7 nitrogen and oxygen atoms in total. The quantitative estimate of drug-likeness (QED) is 0.372. The lowest BCUT2D eigenvalue weighted by Crippen LogP contribution is -2.34. The molecule has 0 unspecified atom stereocenters. The number of rotatable bonds is 5. The van der Waals surface area contributed by atoms with Gasteiger partial charge >= 0.3 is 5.97 Å². The van der Waals surface area contributed by atoms with Gasteiger partial charge in [0.1, 0.15) is 22.7 Å². The van der Waals surface area contributed by atoms with Gasteiger partial charge in [-0.15, -0.1) is 0 Å². The van der Waals surface area contributed by atoms with E-state index in [-0.39, 0.29) is 13.2 Å². The van der Waals surface area contributed by atoms with Crippen LogP contribution >= 0.6 is 0 Å². The van der Waals surface area contributed by atoms with Gasteiger partial charge in [-0.1, -0.05) is 0 Å². The van der Waals surface area contributed by atoms with Crippen molar-refractivity contribution in [2.75, 3.05) is 13.2 Å². The van der Waals surface area contributed by atoms with Crippen molar-refractivity contribution in [3.63, 3.8) is 0 Å². The van der Waals surface area contributed by atoms with Crippen LogP contribution in [0.2, 0.25) is 0 Å². The number of aryl methyl sites for hydroxylation is 1. The standard InChI is InChI=1S/C14H16N2O5/c1-3-19-14(18)13-8(2)21-11-5-4-9(6-10(11)13)20-7-12(17)16-15/h4-6H,3,7,15H2,1-2H3,(H,16,17). The number of ether oxygens (including phenoxy) is 2. The lowest BCUT2D eigenvalue weighted by Gasteiger charge is -2.05. The Hall–Kier alpha value is -2.54. The van der Waals surface area contributed by atoms with E-state index in [1.807, 2.05) is 5.43 Å². The van der Waals surface area contributed by atoms with E-state index in [9.17, 15) is 9.59 Å². The Balaban J connectivity index is 2.34. The smallest absolute Gasteiger partial charge is 0.342 e. The van der Waals surface area contributed by atoms with Crippen molar-refractivity contribution in [2.45, 2.75) is 13.8 Å². The summed E-state index contributed by atoms with van der Waals surface area (Å²) in [5, 5.41) is 0.580. The molecule has 1 amide bonds. The number of benzene rings is 1. The number of nitrogens with two attached hydrogens (primary N) is 1. The van der Waals surface area contributed by atoms with Crippen LogP contribution in [-0.2, 0) is 9.53 Å². The highest BCUT2D eigenvalue weighted by atomic mass is 16.5. The summed E-state index contributed by atoms with van der Waals surface area (Å²) in [4.78, 5) is 23.0. The average molecular weight is 292 g/mol. The number of hydrogen-bond acceptors (Lipinski definition) is 6.